The first kappa shape index (κ1) is 11.5. The van der Waals surface area contributed by atoms with E-state index in [4.69, 9.17) is 0 Å². The van der Waals surface area contributed by atoms with Crippen molar-refractivity contribution in [2.45, 2.75) is 6.54 Å². The van der Waals surface area contributed by atoms with Gasteiger partial charge in [-0.1, -0.05) is 0 Å². The van der Waals surface area contributed by atoms with Gasteiger partial charge in [0, 0.05) is 30.0 Å². The minimum absolute atomic E-state index is 0.188. The SMILES string of the molecule is CNC(=O)c1cc(NCc2cncs2)ccn1. The number of aromatic nitrogens is 2. The van der Waals surface area contributed by atoms with E-state index in [1.54, 1.807) is 36.2 Å². The molecule has 2 rings (SSSR count). The summed E-state index contributed by atoms with van der Waals surface area (Å²) in [5, 5.41) is 5.76. The van der Waals surface area contributed by atoms with E-state index in [0.717, 1.165) is 10.6 Å². The van der Waals surface area contributed by atoms with Gasteiger partial charge in [-0.2, -0.15) is 0 Å². The van der Waals surface area contributed by atoms with E-state index in [2.05, 4.69) is 20.6 Å². The Bertz CT molecular complexity index is 498. The van der Waals surface area contributed by atoms with Gasteiger partial charge < -0.3 is 10.6 Å². The highest BCUT2D eigenvalue weighted by Crippen LogP contribution is 2.12. The summed E-state index contributed by atoms with van der Waals surface area (Å²) in [6, 6.07) is 3.55. The molecule has 0 saturated heterocycles. The highest BCUT2D eigenvalue weighted by Gasteiger charge is 2.05. The van der Waals surface area contributed by atoms with Crippen LogP contribution in [0.1, 0.15) is 15.4 Å². The van der Waals surface area contributed by atoms with Gasteiger partial charge in [0.05, 0.1) is 12.1 Å². The van der Waals surface area contributed by atoms with E-state index >= 15 is 0 Å². The number of pyridine rings is 1. The van der Waals surface area contributed by atoms with E-state index in [1.807, 2.05) is 12.3 Å². The Morgan fingerprint density at radius 3 is 3.12 bits per heavy atom. The summed E-state index contributed by atoms with van der Waals surface area (Å²) in [4.78, 5) is 20.5. The Morgan fingerprint density at radius 1 is 1.53 bits per heavy atom. The fourth-order valence-electron chi connectivity index (χ4n) is 1.31. The van der Waals surface area contributed by atoms with Crippen LogP contribution in [0.2, 0.25) is 0 Å². The van der Waals surface area contributed by atoms with Crippen LogP contribution in [-0.2, 0) is 6.54 Å². The van der Waals surface area contributed by atoms with Gasteiger partial charge in [0.25, 0.3) is 5.91 Å². The zero-order chi connectivity index (χ0) is 12.1. The number of carbonyl (C=O) groups excluding carboxylic acids is 1. The molecule has 0 fully saturated rings. The molecule has 2 aromatic heterocycles. The molecule has 2 heterocycles. The normalized spacial score (nSPS) is 9.94. The van der Waals surface area contributed by atoms with Gasteiger partial charge in [-0.3, -0.25) is 14.8 Å². The van der Waals surface area contributed by atoms with Crippen molar-refractivity contribution in [3.05, 3.63) is 40.6 Å². The minimum Gasteiger partial charge on any atom is -0.380 e. The molecule has 0 saturated carbocycles. The topological polar surface area (TPSA) is 66.9 Å². The Labute approximate surface area is 103 Å². The van der Waals surface area contributed by atoms with E-state index in [1.165, 1.54) is 0 Å². The zero-order valence-electron chi connectivity index (χ0n) is 9.30. The van der Waals surface area contributed by atoms with Crippen molar-refractivity contribution >= 4 is 22.9 Å². The molecular weight excluding hydrogens is 236 g/mol. The van der Waals surface area contributed by atoms with Gasteiger partial charge in [0.2, 0.25) is 0 Å². The number of hydrogen-bond donors (Lipinski definition) is 2. The second kappa shape index (κ2) is 5.40. The molecule has 2 aromatic rings. The number of nitrogens with one attached hydrogen (secondary N) is 2. The maximum atomic E-state index is 11.4. The molecule has 0 unspecified atom stereocenters. The number of amides is 1. The van der Waals surface area contributed by atoms with E-state index in [9.17, 15) is 4.79 Å². The molecule has 1 amide bonds. The predicted molar refractivity (Wildman–Crippen MR) is 67.1 cm³/mol. The van der Waals surface area contributed by atoms with Crippen LogP contribution in [0.3, 0.4) is 0 Å². The molecule has 0 spiro atoms. The first-order valence-corrected chi connectivity index (χ1v) is 5.97. The molecule has 0 aromatic carbocycles. The molecule has 88 valence electrons. The number of hydrogen-bond acceptors (Lipinski definition) is 5. The summed E-state index contributed by atoms with van der Waals surface area (Å²) in [5.41, 5.74) is 3.06. The minimum atomic E-state index is -0.188. The lowest BCUT2D eigenvalue weighted by atomic mass is 10.3. The van der Waals surface area contributed by atoms with Gasteiger partial charge in [-0.05, 0) is 12.1 Å². The fraction of sp³-hybridized carbons (Fsp3) is 0.182. The van der Waals surface area contributed by atoms with Crippen LogP contribution in [0.5, 0.6) is 0 Å². The number of carbonyl (C=O) groups is 1. The molecule has 5 nitrogen and oxygen atoms in total. The summed E-state index contributed by atoms with van der Waals surface area (Å²) >= 11 is 1.59. The van der Waals surface area contributed by atoms with Crippen molar-refractivity contribution in [2.75, 3.05) is 12.4 Å². The van der Waals surface area contributed by atoms with Crippen LogP contribution in [0.25, 0.3) is 0 Å². The van der Waals surface area contributed by atoms with Crippen LogP contribution in [0, 0.1) is 0 Å². The summed E-state index contributed by atoms with van der Waals surface area (Å²) in [7, 11) is 1.58. The number of thiazole rings is 1. The first-order valence-electron chi connectivity index (χ1n) is 5.09. The third-order valence-corrected chi connectivity index (χ3v) is 2.95. The lowest BCUT2D eigenvalue weighted by Gasteiger charge is -2.05. The smallest absolute Gasteiger partial charge is 0.269 e. The molecular formula is C11H12N4OS. The molecule has 0 atom stereocenters. The third kappa shape index (κ3) is 3.01. The molecule has 0 aliphatic heterocycles. The summed E-state index contributed by atoms with van der Waals surface area (Å²) in [6.07, 6.45) is 3.43. The van der Waals surface area contributed by atoms with Crippen LogP contribution < -0.4 is 10.6 Å². The average Bonchev–Trinajstić information content (AvgIpc) is 2.89. The largest absolute Gasteiger partial charge is 0.380 e. The first-order chi connectivity index (χ1) is 8.29. The number of nitrogens with zero attached hydrogens (tertiary/aromatic N) is 2. The molecule has 0 radical (unpaired) electrons. The standard InChI is InChI=1S/C11H12N4OS/c1-12-11(16)10-4-8(2-3-14-10)15-6-9-5-13-7-17-9/h2-5,7H,6H2,1H3,(H,12,16)(H,14,15). The fourth-order valence-corrected chi connectivity index (χ4v) is 1.85. The van der Waals surface area contributed by atoms with Gasteiger partial charge in [-0.15, -0.1) is 11.3 Å². The average molecular weight is 248 g/mol. The van der Waals surface area contributed by atoms with Crippen molar-refractivity contribution in [3.8, 4) is 0 Å². The highest BCUT2D eigenvalue weighted by atomic mass is 32.1. The Balaban J connectivity index is 2.03. The second-order valence-electron chi connectivity index (χ2n) is 3.33. The summed E-state index contributed by atoms with van der Waals surface area (Å²) < 4.78 is 0. The Kier molecular flexibility index (Phi) is 3.66. The van der Waals surface area contributed by atoms with E-state index in [0.29, 0.717) is 12.2 Å². The van der Waals surface area contributed by atoms with Gasteiger partial charge in [0.1, 0.15) is 5.69 Å². The Hall–Kier alpha value is -1.95. The molecule has 0 bridgehead atoms. The lowest BCUT2D eigenvalue weighted by Crippen LogP contribution is -2.19. The van der Waals surface area contributed by atoms with Crippen LogP contribution in [0.15, 0.2) is 30.0 Å². The van der Waals surface area contributed by atoms with Crippen molar-refractivity contribution in [1.29, 1.82) is 0 Å². The number of rotatable bonds is 4. The van der Waals surface area contributed by atoms with Crippen molar-refractivity contribution in [2.24, 2.45) is 0 Å². The third-order valence-electron chi connectivity index (χ3n) is 2.17. The number of anilines is 1. The zero-order valence-corrected chi connectivity index (χ0v) is 10.1. The van der Waals surface area contributed by atoms with Gasteiger partial charge in [0.15, 0.2) is 0 Å². The van der Waals surface area contributed by atoms with Crippen molar-refractivity contribution in [1.82, 2.24) is 15.3 Å². The summed E-state index contributed by atoms with van der Waals surface area (Å²) in [5.74, 6) is -0.188. The lowest BCUT2D eigenvalue weighted by molar-refractivity contribution is 0.0958. The molecule has 0 aliphatic carbocycles. The second-order valence-corrected chi connectivity index (χ2v) is 4.30. The van der Waals surface area contributed by atoms with Crippen LogP contribution in [0.4, 0.5) is 5.69 Å². The van der Waals surface area contributed by atoms with Crippen molar-refractivity contribution in [3.63, 3.8) is 0 Å². The predicted octanol–water partition coefficient (Wildman–Crippen LogP) is 1.51. The molecule has 0 aliphatic rings. The Morgan fingerprint density at radius 2 is 2.41 bits per heavy atom. The van der Waals surface area contributed by atoms with E-state index < -0.39 is 0 Å². The summed E-state index contributed by atoms with van der Waals surface area (Å²) in [6.45, 7) is 0.696. The van der Waals surface area contributed by atoms with Crippen LogP contribution in [-0.4, -0.2) is 22.9 Å². The van der Waals surface area contributed by atoms with Crippen molar-refractivity contribution < 1.29 is 4.79 Å². The van der Waals surface area contributed by atoms with Crippen LogP contribution >= 0.6 is 11.3 Å². The van der Waals surface area contributed by atoms with Gasteiger partial charge >= 0.3 is 0 Å². The molecule has 6 heteroatoms. The maximum absolute atomic E-state index is 11.4. The maximum Gasteiger partial charge on any atom is 0.269 e. The van der Waals surface area contributed by atoms with E-state index in [-0.39, 0.29) is 5.91 Å². The van der Waals surface area contributed by atoms with Gasteiger partial charge in [-0.25, -0.2) is 0 Å². The quantitative estimate of drug-likeness (QED) is 0.860. The monoisotopic (exact) mass is 248 g/mol. The molecule has 17 heavy (non-hydrogen) atoms. The highest BCUT2D eigenvalue weighted by molar-refractivity contribution is 7.09. The molecule has 2 N–H and O–H groups in total.